The van der Waals surface area contributed by atoms with Crippen LogP contribution in [0.25, 0.3) is 0 Å². The SMILES string of the molecule is CC12C(=O)CCC1C1CCC3=CC4(CCC3=C1C(O)C2O)OCCO4. The summed E-state index contributed by atoms with van der Waals surface area (Å²) in [6.07, 6.45) is 4.94. The van der Waals surface area contributed by atoms with Crippen LogP contribution in [0.3, 0.4) is 0 Å². The molecule has 5 aliphatic rings. The molecule has 2 N–H and O–H groups in total. The highest BCUT2D eigenvalue weighted by atomic mass is 16.7. The van der Waals surface area contributed by atoms with E-state index in [1.165, 1.54) is 11.1 Å². The van der Waals surface area contributed by atoms with Crippen molar-refractivity contribution in [3.05, 3.63) is 22.8 Å². The van der Waals surface area contributed by atoms with Gasteiger partial charge in [0.25, 0.3) is 0 Å². The van der Waals surface area contributed by atoms with Gasteiger partial charge in [0.15, 0.2) is 5.79 Å². The van der Waals surface area contributed by atoms with Crippen LogP contribution in [-0.2, 0) is 14.3 Å². The molecule has 0 radical (unpaired) electrons. The average molecular weight is 346 g/mol. The highest BCUT2D eigenvalue weighted by Gasteiger charge is 2.61. The van der Waals surface area contributed by atoms with Crippen LogP contribution in [0, 0.1) is 17.3 Å². The summed E-state index contributed by atoms with van der Waals surface area (Å²) >= 11 is 0. The third-order valence-corrected chi connectivity index (χ3v) is 7.53. The summed E-state index contributed by atoms with van der Waals surface area (Å²) in [5.74, 6) is -0.106. The Morgan fingerprint density at radius 2 is 1.88 bits per heavy atom. The highest BCUT2D eigenvalue weighted by Crippen LogP contribution is 2.59. The molecule has 0 aromatic carbocycles. The molecule has 5 rings (SSSR count). The first kappa shape index (κ1) is 16.2. The van der Waals surface area contributed by atoms with Crippen LogP contribution in [0.2, 0.25) is 0 Å². The number of hydrogen-bond donors (Lipinski definition) is 2. The number of fused-ring (bicyclic) bond motifs is 4. The minimum absolute atomic E-state index is 0.116. The van der Waals surface area contributed by atoms with E-state index in [0.717, 1.165) is 37.7 Å². The average Bonchev–Trinajstić information content (AvgIpc) is 3.18. The van der Waals surface area contributed by atoms with Gasteiger partial charge in [0, 0.05) is 12.8 Å². The molecular formula is C20H26O5. The zero-order valence-electron chi connectivity index (χ0n) is 14.7. The van der Waals surface area contributed by atoms with Crippen molar-refractivity contribution in [3.63, 3.8) is 0 Å². The molecule has 0 amide bonds. The van der Waals surface area contributed by atoms with Gasteiger partial charge in [0.1, 0.15) is 11.9 Å². The zero-order chi connectivity index (χ0) is 17.4. The summed E-state index contributed by atoms with van der Waals surface area (Å²) < 4.78 is 11.7. The maximum atomic E-state index is 12.5. The second-order valence-electron chi connectivity index (χ2n) is 8.50. The highest BCUT2D eigenvalue weighted by molar-refractivity contribution is 5.88. The van der Waals surface area contributed by atoms with Crippen LogP contribution in [0.15, 0.2) is 22.8 Å². The number of hydrogen-bond acceptors (Lipinski definition) is 5. The van der Waals surface area contributed by atoms with Crippen molar-refractivity contribution < 1.29 is 24.5 Å². The van der Waals surface area contributed by atoms with E-state index in [2.05, 4.69) is 6.08 Å². The molecule has 1 aliphatic heterocycles. The molecule has 1 spiro atoms. The summed E-state index contributed by atoms with van der Waals surface area (Å²) in [6.45, 7) is 3.12. The van der Waals surface area contributed by atoms with Gasteiger partial charge in [-0.3, -0.25) is 4.79 Å². The van der Waals surface area contributed by atoms with E-state index in [4.69, 9.17) is 9.47 Å². The lowest BCUT2D eigenvalue weighted by Gasteiger charge is -2.51. The van der Waals surface area contributed by atoms with Gasteiger partial charge in [0.05, 0.1) is 24.7 Å². The van der Waals surface area contributed by atoms with E-state index in [0.29, 0.717) is 19.6 Å². The van der Waals surface area contributed by atoms with Crippen molar-refractivity contribution in [2.24, 2.45) is 17.3 Å². The third kappa shape index (κ3) is 2.01. The molecule has 5 nitrogen and oxygen atoms in total. The first-order chi connectivity index (χ1) is 12.0. The van der Waals surface area contributed by atoms with Crippen LogP contribution >= 0.6 is 0 Å². The molecule has 5 heteroatoms. The van der Waals surface area contributed by atoms with Crippen molar-refractivity contribution in [3.8, 4) is 0 Å². The van der Waals surface area contributed by atoms with Gasteiger partial charge in [-0.15, -0.1) is 0 Å². The van der Waals surface area contributed by atoms with Crippen molar-refractivity contribution >= 4 is 5.78 Å². The van der Waals surface area contributed by atoms with Gasteiger partial charge in [0.2, 0.25) is 0 Å². The van der Waals surface area contributed by atoms with E-state index in [-0.39, 0.29) is 17.6 Å². The predicted octanol–water partition coefficient (Wildman–Crippen LogP) is 1.88. The Morgan fingerprint density at radius 1 is 1.12 bits per heavy atom. The lowest BCUT2D eigenvalue weighted by Crippen LogP contribution is -2.56. The standard InChI is InChI=1S/C20H26O5/c1-19-14(4-5-15(19)21)13-3-2-11-10-20(24-8-9-25-20)7-6-12(11)16(13)17(22)18(19)23/h10,13-14,17-18,22-23H,2-9H2,1H3. The van der Waals surface area contributed by atoms with Gasteiger partial charge >= 0.3 is 0 Å². The van der Waals surface area contributed by atoms with Gasteiger partial charge in [-0.05, 0) is 67.2 Å². The quantitative estimate of drug-likeness (QED) is 0.700. The van der Waals surface area contributed by atoms with E-state index in [1.807, 2.05) is 6.92 Å². The summed E-state index contributed by atoms with van der Waals surface area (Å²) in [7, 11) is 0. The van der Waals surface area contributed by atoms with Crippen LogP contribution < -0.4 is 0 Å². The van der Waals surface area contributed by atoms with Gasteiger partial charge in [-0.1, -0.05) is 0 Å². The van der Waals surface area contributed by atoms with Crippen LogP contribution in [0.4, 0.5) is 0 Å². The molecule has 1 heterocycles. The molecule has 0 bridgehead atoms. The Hall–Kier alpha value is -1.01. The number of rotatable bonds is 0. The topological polar surface area (TPSA) is 76.0 Å². The van der Waals surface area contributed by atoms with Gasteiger partial charge < -0.3 is 19.7 Å². The van der Waals surface area contributed by atoms with Crippen molar-refractivity contribution in [2.45, 2.75) is 63.4 Å². The van der Waals surface area contributed by atoms with E-state index in [1.54, 1.807) is 0 Å². The Labute approximate surface area is 147 Å². The minimum atomic E-state index is -1.000. The number of aliphatic hydroxyl groups excluding tert-OH is 2. The fourth-order valence-electron chi connectivity index (χ4n) is 6.21. The van der Waals surface area contributed by atoms with E-state index in [9.17, 15) is 15.0 Å². The summed E-state index contributed by atoms with van der Waals surface area (Å²) in [5.41, 5.74) is 2.60. The Kier molecular flexibility index (Phi) is 3.40. The number of Topliss-reactive ketones (excluding diaryl/α,β-unsaturated/α-hetero) is 1. The molecule has 1 saturated heterocycles. The minimum Gasteiger partial charge on any atom is -0.389 e. The third-order valence-electron chi connectivity index (χ3n) is 7.53. The number of carbonyl (C=O) groups excluding carboxylic acids is 1. The second-order valence-corrected chi connectivity index (χ2v) is 8.50. The van der Waals surface area contributed by atoms with Crippen molar-refractivity contribution in [1.29, 1.82) is 0 Å². The summed E-state index contributed by atoms with van der Waals surface area (Å²) in [6, 6.07) is 0. The molecule has 5 atom stereocenters. The van der Waals surface area contributed by atoms with Crippen molar-refractivity contribution in [2.75, 3.05) is 13.2 Å². The van der Waals surface area contributed by atoms with Crippen LogP contribution in [-0.4, -0.2) is 47.2 Å². The number of allylic oxidation sites excluding steroid dienone is 2. The summed E-state index contributed by atoms with van der Waals surface area (Å²) in [4.78, 5) is 12.5. The molecule has 0 aromatic rings. The zero-order valence-corrected chi connectivity index (χ0v) is 14.7. The van der Waals surface area contributed by atoms with Crippen molar-refractivity contribution in [1.82, 2.24) is 0 Å². The monoisotopic (exact) mass is 346 g/mol. The fraction of sp³-hybridized carbons (Fsp3) is 0.750. The molecule has 5 unspecified atom stereocenters. The van der Waals surface area contributed by atoms with E-state index >= 15 is 0 Å². The number of carbonyl (C=O) groups is 1. The Morgan fingerprint density at radius 3 is 2.64 bits per heavy atom. The molecular weight excluding hydrogens is 320 g/mol. The maximum Gasteiger partial charge on any atom is 0.188 e. The lowest BCUT2D eigenvalue weighted by atomic mass is 9.55. The van der Waals surface area contributed by atoms with Crippen LogP contribution in [0.5, 0.6) is 0 Å². The Bertz CT molecular complexity index is 686. The largest absolute Gasteiger partial charge is 0.389 e. The fourth-order valence-corrected chi connectivity index (χ4v) is 6.21. The first-order valence-corrected chi connectivity index (χ1v) is 9.59. The number of ketones is 1. The molecule has 4 aliphatic carbocycles. The molecule has 136 valence electrons. The van der Waals surface area contributed by atoms with Gasteiger partial charge in [-0.2, -0.15) is 0 Å². The molecule has 25 heavy (non-hydrogen) atoms. The number of aliphatic hydroxyl groups is 2. The Balaban J connectivity index is 1.59. The normalized spacial score (nSPS) is 45.2. The van der Waals surface area contributed by atoms with E-state index < -0.39 is 23.4 Å². The molecule has 2 saturated carbocycles. The van der Waals surface area contributed by atoms with Crippen LogP contribution in [0.1, 0.15) is 45.4 Å². The number of ether oxygens (including phenoxy) is 2. The molecule has 0 aromatic heterocycles. The maximum absolute atomic E-state index is 12.5. The van der Waals surface area contributed by atoms with Gasteiger partial charge in [-0.25, -0.2) is 0 Å². The first-order valence-electron chi connectivity index (χ1n) is 9.59. The summed E-state index contributed by atoms with van der Waals surface area (Å²) in [5, 5.41) is 21.8. The lowest BCUT2D eigenvalue weighted by molar-refractivity contribution is -0.147. The second kappa shape index (κ2) is 5.26. The smallest absolute Gasteiger partial charge is 0.188 e. The predicted molar refractivity (Wildman–Crippen MR) is 89.6 cm³/mol. The molecule has 3 fully saturated rings.